The van der Waals surface area contributed by atoms with Gasteiger partial charge in [0.15, 0.2) is 0 Å². The summed E-state index contributed by atoms with van der Waals surface area (Å²) in [5.74, 6) is 1.01. The van der Waals surface area contributed by atoms with Gasteiger partial charge in [-0.25, -0.2) is 0 Å². The molecular weight excluding hydrogens is 262 g/mol. The maximum absolute atomic E-state index is 11.4. The van der Waals surface area contributed by atoms with Crippen LogP contribution in [0, 0.1) is 5.92 Å². The van der Waals surface area contributed by atoms with Crippen molar-refractivity contribution in [1.82, 2.24) is 15.2 Å². The van der Waals surface area contributed by atoms with Gasteiger partial charge in [0.05, 0.1) is 0 Å². The fourth-order valence-electron chi connectivity index (χ4n) is 3.65. The third-order valence-corrected chi connectivity index (χ3v) is 4.92. The molecule has 1 atom stereocenters. The molecule has 114 valence electrons. The van der Waals surface area contributed by atoms with E-state index in [1.54, 1.807) is 0 Å². The Morgan fingerprint density at radius 2 is 2.10 bits per heavy atom. The van der Waals surface area contributed by atoms with Crippen molar-refractivity contribution in [3.05, 3.63) is 30.1 Å². The lowest BCUT2D eigenvalue weighted by Gasteiger charge is -2.37. The third-order valence-electron chi connectivity index (χ3n) is 4.92. The smallest absolute Gasteiger partial charge is 0.220 e. The minimum atomic E-state index is 0.226. The lowest BCUT2D eigenvalue weighted by Crippen LogP contribution is -2.42. The van der Waals surface area contributed by atoms with Gasteiger partial charge in [0.1, 0.15) is 0 Å². The largest absolute Gasteiger partial charge is 0.356 e. The minimum Gasteiger partial charge on any atom is -0.356 e. The van der Waals surface area contributed by atoms with Crippen LogP contribution in [-0.2, 0) is 11.2 Å². The summed E-state index contributed by atoms with van der Waals surface area (Å²) >= 11 is 0. The summed E-state index contributed by atoms with van der Waals surface area (Å²) in [6.45, 7) is 3.21. The van der Waals surface area contributed by atoms with Gasteiger partial charge in [0.25, 0.3) is 0 Å². The molecule has 2 aliphatic heterocycles. The second-order valence-corrected chi connectivity index (χ2v) is 6.38. The first-order valence-corrected chi connectivity index (χ1v) is 8.21. The number of aromatic nitrogens is 1. The molecule has 0 spiro atoms. The van der Waals surface area contributed by atoms with Crippen LogP contribution in [0.3, 0.4) is 0 Å². The molecule has 3 heterocycles. The quantitative estimate of drug-likeness (QED) is 0.925. The van der Waals surface area contributed by atoms with E-state index in [4.69, 9.17) is 0 Å². The maximum Gasteiger partial charge on any atom is 0.220 e. The summed E-state index contributed by atoms with van der Waals surface area (Å²) < 4.78 is 0. The Hall–Kier alpha value is -1.42. The maximum atomic E-state index is 11.4. The van der Waals surface area contributed by atoms with Gasteiger partial charge in [-0.15, -0.1) is 0 Å². The summed E-state index contributed by atoms with van der Waals surface area (Å²) in [5, 5.41) is 2.98. The second-order valence-electron chi connectivity index (χ2n) is 6.38. The number of piperidine rings is 1. The van der Waals surface area contributed by atoms with Crippen LogP contribution in [0.5, 0.6) is 0 Å². The van der Waals surface area contributed by atoms with E-state index >= 15 is 0 Å². The first kappa shape index (κ1) is 14.5. The van der Waals surface area contributed by atoms with E-state index in [-0.39, 0.29) is 5.91 Å². The Morgan fingerprint density at radius 1 is 1.24 bits per heavy atom. The predicted molar refractivity (Wildman–Crippen MR) is 82.9 cm³/mol. The van der Waals surface area contributed by atoms with Crippen molar-refractivity contribution in [3.63, 3.8) is 0 Å². The molecule has 21 heavy (non-hydrogen) atoms. The number of hydrogen-bond donors (Lipinski definition) is 1. The average molecular weight is 287 g/mol. The minimum absolute atomic E-state index is 0.226. The monoisotopic (exact) mass is 287 g/mol. The van der Waals surface area contributed by atoms with Crippen LogP contribution in [0.1, 0.15) is 37.7 Å². The summed E-state index contributed by atoms with van der Waals surface area (Å²) in [5.41, 5.74) is 1.36. The van der Waals surface area contributed by atoms with Crippen LogP contribution in [0.2, 0.25) is 0 Å². The van der Waals surface area contributed by atoms with Crippen molar-refractivity contribution in [2.75, 3.05) is 19.6 Å². The van der Waals surface area contributed by atoms with Crippen LogP contribution in [0.15, 0.2) is 24.5 Å². The lowest BCUT2D eigenvalue weighted by molar-refractivity contribution is -0.120. The van der Waals surface area contributed by atoms with E-state index < -0.39 is 0 Å². The Bertz CT molecular complexity index is 454. The van der Waals surface area contributed by atoms with Crippen molar-refractivity contribution in [2.24, 2.45) is 5.92 Å². The fourth-order valence-corrected chi connectivity index (χ4v) is 3.65. The number of pyridine rings is 1. The van der Waals surface area contributed by atoms with Crippen molar-refractivity contribution < 1.29 is 4.79 Å². The number of nitrogens with one attached hydrogen (secondary N) is 1. The van der Waals surface area contributed by atoms with E-state index in [0.29, 0.717) is 12.5 Å². The van der Waals surface area contributed by atoms with Gasteiger partial charge in [-0.05, 0) is 62.7 Å². The average Bonchev–Trinajstić information content (AvgIpc) is 2.74. The highest BCUT2D eigenvalue weighted by atomic mass is 16.1. The number of carbonyl (C=O) groups excluding carboxylic acids is 1. The molecule has 4 heteroatoms. The molecule has 3 rings (SSSR count). The van der Waals surface area contributed by atoms with E-state index in [2.05, 4.69) is 21.3 Å². The Balaban J connectivity index is 1.47. The first-order chi connectivity index (χ1) is 10.3. The molecule has 0 saturated carbocycles. The zero-order valence-corrected chi connectivity index (χ0v) is 12.6. The van der Waals surface area contributed by atoms with E-state index in [1.807, 2.05) is 18.5 Å². The molecule has 0 aliphatic carbocycles. The van der Waals surface area contributed by atoms with Crippen LogP contribution in [0.25, 0.3) is 0 Å². The van der Waals surface area contributed by atoms with Gasteiger partial charge in [-0.2, -0.15) is 0 Å². The summed E-state index contributed by atoms with van der Waals surface area (Å²) in [4.78, 5) is 18.2. The van der Waals surface area contributed by atoms with Crippen molar-refractivity contribution in [1.29, 1.82) is 0 Å². The highest BCUT2D eigenvalue weighted by Crippen LogP contribution is 2.25. The topological polar surface area (TPSA) is 45.2 Å². The van der Waals surface area contributed by atoms with Gasteiger partial charge < -0.3 is 10.2 Å². The molecule has 2 aliphatic rings. The normalized spacial score (nSPS) is 25.3. The Kier molecular flexibility index (Phi) is 4.86. The highest BCUT2D eigenvalue weighted by Gasteiger charge is 2.26. The molecule has 4 nitrogen and oxygen atoms in total. The fraction of sp³-hybridized carbons (Fsp3) is 0.647. The number of amides is 1. The number of hydrogen-bond acceptors (Lipinski definition) is 3. The van der Waals surface area contributed by atoms with Gasteiger partial charge in [0.2, 0.25) is 5.91 Å². The van der Waals surface area contributed by atoms with Crippen LogP contribution in [0.4, 0.5) is 0 Å². The molecule has 1 unspecified atom stereocenters. The van der Waals surface area contributed by atoms with Crippen LogP contribution >= 0.6 is 0 Å². The Labute approximate surface area is 126 Å². The van der Waals surface area contributed by atoms with E-state index in [1.165, 1.54) is 31.5 Å². The zero-order chi connectivity index (χ0) is 14.5. The highest BCUT2D eigenvalue weighted by molar-refractivity contribution is 5.76. The second kappa shape index (κ2) is 7.03. The predicted octanol–water partition coefficient (Wildman–Crippen LogP) is 2.00. The van der Waals surface area contributed by atoms with Gasteiger partial charge >= 0.3 is 0 Å². The van der Waals surface area contributed by atoms with Gasteiger partial charge in [-0.3, -0.25) is 9.78 Å². The number of carbonyl (C=O) groups is 1. The van der Waals surface area contributed by atoms with E-state index in [9.17, 15) is 4.79 Å². The molecule has 0 radical (unpaired) electrons. The molecule has 1 aromatic rings. The molecular formula is C17H25N3O. The lowest BCUT2D eigenvalue weighted by atomic mass is 9.89. The molecule has 0 bridgehead atoms. The molecule has 2 saturated heterocycles. The van der Waals surface area contributed by atoms with Crippen LogP contribution in [-0.4, -0.2) is 41.5 Å². The van der Waals surface area contributed by atoms with Crippen molar-refractivity contribution in [3.8, 4) is 0 Å². The van der Waals surface area contributed by atoms with Crippen LogP contribution < -0.4 is 5.32 Å². The first-order valence-electron chi connectivity index (χ1n) is 8.21. The number of rotatable bonds is 3. The van der Waals surface area contributed by atoms with Crippen molar-refractivity contribution >= 4 is 5.91 Å². The number of likely N-dealkylation sites (tertiary alicyclic amines) is 1. The molecule has 2 fully saturated rings. The van der Waals surface area contributed by atoms with E-state index in [0.717, 1.165) is 31.7 Å². The van der Waals surface area contributed by atoms with Crippen molar-refractivity contribution in [2.45, 2.75) is 44.6 Å². The summed E-state index contributed by atoms with van der Waals surface area (Å²) in [7, 11) is 0. The molecule has 1 amide bonds. The SMILES string of the molecule is O=C1CCC(N2CCC(Cc3cccnc3)CC2)CCN1. The number of nitrogens with zero attached hydrogens (tertiary/aromatic N) is 2. The van der Waals surface area contributed by atoms with Gasteiger partial charge in [-0.1, -0.05) is 6.07 Å². The molecule has 1 aromatic heterocycles. The third kappa shape index (κ3) is 4.03. The summed E-state index contributed by atoms with van der Waals surface area (Å²) in [6, 6.07) is 4.81. The molecule has 0 aromatic carbocycles. The summed E-state index contributed by atoms with van der Waals surface area (Å²) in [6.07, 6.45) is 10.4. The van der Waals surface area contributed by atoms with Gasteiger partial charge in [0, 0.05) is 31.4 Å². The zero-order valence-electron chi connectivity index (χ0n) is 12.6. The Morgan fingerprint density at radius 3 is 2.86 bits per heavy atom. The molecule has 1 N–H and O–H groups in total. The standard InChI is InChI=1S/C17H25N3O/c21-17-4-3-16(5-9-19-17)20-10-6-14(7-11-20)12-15-2-1-8-18-13-15/h1-2,8,13-14,16H,3-7,9-12H2,(H,19,21).